The van der Waals surface area contributed by atoms with Gasteiger partial charge in [-0.2, -0.15) is 0 Å². The molecule has 48 valence electrons. The van der Waals surface area contributed by atoms with E-state index < -0.39 is 0 Å². The minimum absolute atomic E-state index is 0.630. The lowest BCUT2D eigenvalue weighted by atomic mass is 10.0. The molecule has 0 bridgehead atoms. The molecular weight excluding hydrogens is 100 g/mol. The third kappa shape index (κ3) is 1.83. The Morgan fingerprint density at radius 2 is 2.38 bits per heavy atom. The summed E-state index contributed by atoms with van der Waals surface area (Å²) >= 11 is 0. The minimum atomic E-state index is 0.630. The molecule has 0 saturated carbocycles. The molecule has 0 radical (unpaired) electrons. The second-order valence-electron chi connectivity index (χ2n) is 2.70. The van der Waals surface area contributed by atoms with Crippen LogP contribution >= 0.6 is 0 Å². The van der Waals surface area contributed by atoms with Crippen LogP contribution in [0.4, 0.5) is 0 Å². The summed E-state index contributed by atoms with van der Waals surface area (Å²) in [6.07, 6.45) is 3.20. The Bertz CT molecular complexity index is 66.8. The summed E-state index contributed by atoms with van der Waals surface area (Å²) in [5, 5.41) is 0. The van der Waals surface area contributed by atoms with Crippen LogP contribution in [0.5, 0.6) is 0 Å². The molecule has 1 heteroatoms. The highest BCUT2D eigenvalue weighted by molar-refractivity contribution is 4.70. The monoisotopic (exact) mass is 114 g/mol. The average Bonchev–Trinajstić information content (AvgIpc) is 2.50. The van der Waals surface area contributed by atoms with Crippen molar-refractivity contribution in [2.75, 3.05) is 6.61 Å². The lowest BCUT2D eigenvalue weighted by Crippen LogP contribution is -1.96. The van der Waals surface area contributed by atoms with E-state index >= 15 is 0 Å². The molecule has 0 spiro atoms. The van der Waals surface area contributed by atoms with E-state index in [4.69, 9.17) is 4.74 Å². The van der Waals surface area contributed by atoms with Gasteiger partial charge in [0.2, 0.25) is 0 Å². The lowest BCUT2D eigenvalue weighted by molar-refractivity contribution is 0.358. The van der Waals surface area contributed by atoms with Gasteiger partial charge < -0.3 is 4.74 Å². The number of ether oxygens (including phenoxy) is 1. The first-order valence-corrected chi connectivity index (χ1v) is 3.44. The first-order valence-electron chi connectivity index (χ1n) is 3.44. The zero-order valence-electron chi connectivity index (χ0n) is 5.68. The summed E-state index contributed by atoms with van der Waals surface area (Å²) in [5.41, 5.74) is 0. The van der Waals surface area contributed by atoms with Crippen LogP contribution in [0.2, 0.25) is 0 Å². The SMILES string of the molecule is CCC(C)CC1CO1. The van der Waals surface area contributed by atoms with Gasteiger partial charge in [-0.15, -0.1) is 0 Å². The Morgan fingerprint density at radius 1 is 1.75 bits per heavy atom. The molecular formula is C7H14O. The summed E-state index contributed by atoms with van der Waals surface area (Å²) < 4.78 is 5.08. The molecule has 1 fully saturated rings. The van der Waals surface area contributed by atoms with E-state index in [1.165, 1.54) is 12.8 Å². The second kappa shape index (κ2) is 2.49. The molecule has 2 unspecified atom stereocenters. The van der Waals surface area contributed by atoms with Gasteiger partial charge in [-0.1, -0.05) is 20.3 Å². The Hall–Kier alpha value is -0.0400. The lowest BCUT2D eigenvalue weighted by Gasteiger charge is -2.02. The fourth-order valence-electron chi connectivity index (χ4n) is 0.820. The van der Waals surface area contributed by atoms with Crippen molar-refractivity contribution in [1.82, 2.24) is 0 Å². The van der Waals surface area contributed by atoms with Crippen molar-refractivity contribution < 1.29 is 4.74 Å². The van der Waals surface area contributed by atoms with Crippen molar-refractivity contribution in [1.29, 1.82) is 0 Å². The summed E-state index contributed by atoms with van der Waals surface area (Å²) in [7, 11) is 0. The van der Waals surface area contributed by atoms with Gasteiger partial charge in [0.15, 0.2) is 0 Å². The van der Waals surface area contributed by atoms with Crippen LogP contribution in [0.25, 0.3) is 0 Å². The average molecular weight is 114 g/mol. The van der Waals surface area contributed by atoms with Crippen molar-refractivity contribution in [2.24, 2.45) is 5.92 Å². The van der Waals surface area contributed by atoms with Crippen LogP contribution in [0, 0.1) is 5.92 Å². The molecule has 1 saturated heterocycles. The van der Waals surface area contributed by atoms with Crippen molar-refractivity contribution in [3.8, 4) is 0 Å². The van der Waals surface area contributed by atoms with E-state index in [0.29, 0.717) is 6.10 Å². The summed E-state index contributed by atoms with van der Waals surface area (Å²) in [5.74, 6) is 0.863. The highest BCUT2D eigenvalue weighted by Gasteiger charge is 2.23. The van der Waals surface area contributed by atoms with E-state index in [1.807, 2.05) is 0 Å². The van der Waals surface area contributed by atoms with Crippen LogP contribution in [0.1, 0.15) is 26.7 Å². The Balaban J connectivity index is 1.98. The number of hydrogen-bond donors (Lipinski definition) is 0. The maximum absolute atomic E-state index is 5.08. The van der Waals surface area contributed by atoms with Crippen LogP contribution in [-0.4, -0.2) is 12.7 Å². The predicted octanol–water partition coefficient (Wildman–Crippen LogP) is 1.82. The summed E-state index contributed by atoms with van der Waals surface area (Å²) in [6, 6.07) is 0. The van der Waals surface area contributed by atoms with E-state index in [2.05, 4.69) is 13.8 Å². The quantitative estimate of drug-likeness (QED) is 0.510. The van der Waals surface area contributed by atoms with Gasteiger partial charge in [-0.05, 0) is 12.3 Å². The molecule has 1 rings (SSSR count). The molecule has 1 nitrogen and oxygen atoms in total. The van der Waals surface area contributed by atoms with Crippen LogP contribution in [-0.2, 0) is 4.74 Å². The second-order valence-corrected chi connectivity index (χ2v) is 2.70. The Morgan fingerprint density at radius 3 is 2.75 bits per heavy atom. The molecule has 1 aliphatic rings. The standard InChI is InChI=1S/C7H14O/c1-3-6(2)4-7-5-8-7/h6-7H,3-5H2,1-2H3. The largest absolute Gasteiger partial charge is 0.373 e. The van der Waals surface area contributed by atoms with Gasteiger partial charge in [0.05, 0.1) is 12.7 Å². The molecule has 1 heterocycles. The van der Waals surface area contributed by atoms with Gasteiger partial charge >= 0.3 is 0 Å². The van der Waals surface area contributed by atoms with Crippen molar-refractivity contribution >= 4 is 0 Å². The maximum atomic E-state index is 5.08. The fourth-order valence-corrected chi connectivity index (χ4v) is 0.820. The maximum Gasteiger partial charge on any atom is 0.0812 e. The van der Waals surface area contributed by atoms with Crippen LogP contribution < -0.4 is 0 Å². The van der Waals surface area contributed by atoms with E-state index in [0.717, 1.165) is 12.5 Å². The Labute approximate surface area is 51.0 Å². The van der Waals surface area contributed by atoms with E-state index in [-0.39, 0.29) is 0 Å². The van der Waals surface area contributed by atoms with E-state index in [1.54, 1.807) is 0 Å². The number of hydrogen-bond acceptors (Lipinski definition) is 1. The molecule has 0 aromatic carbocycles. The predicted molar refractivity (Wildman–Crippen MR) is 33.8 cm³/mol. The topological polar surface area (TPSA) is 12.5 Å². The molecule has 0 aliphatic carbocycles. The van der Waals surface area contributed by atoms with Crippen molar-refractivity contribution in [3.05, 3.63) is 0 Å². The summed E-state index contributed by atoms with van der Waals surface area (Å²) in [6.45, 7) is 5.53. The van der Waals surface area contributed by atoms with Crippen molar-refractivity contribution in [3.63, 3.8) is 0 Å². The smallest absolute Gasteiger partial charge is 0.0812 e. The first kappa shape index (κ1) is 6.09. The third-order valence-electron chi connectivity index (χ3n) is 1.76. The normalized spacial score (nSPS) is 30.0. The number of epoxide rings is 1. The van der Waals surface area contributed by atoms with Gasteiger partial charge in [-0.25, -0.2) is 0 Å². The molecule has 0 amide bonds. The Kier molecular flexibility index (Phi) is 1.90. The molecule has 0 N–H and O–H groups in total. The molecule has 0 aromatic rings. The minimum Gasteiger partial charge on any atom is -0.373 e. The van der Waals surface area contributed by atoms with Crippen LogP contribution in [0.15, 0.2) is 0 Å². The fraction of sp³-hybridized carbons (Fsp3) is 1.00. The zero-order chi connectivity index (χ0) is 5.98. The number of rotatable bonds is 3. The van der Waals surface area contributed by atoms with Gasteiger partial charge in [0, 0.05) is 0 Å². The van der Waals surface area contributed by atoms with Gasteiger partial charge in [-0.3, -0.25) is 0 Å². The molecule has 2 atom stereocenters. The van der Waals surface area contributed by atoms with Gasteiger partial charge in [0.1, 0.15) is 0 Å². The van der Waals surface area contributed by atoms with Crippen molar-refractivity contribution in [2.45, 2.75) is 32.8 Å². The highest BCUT2D eigenvalue weighted by atomic mass is 16.6. The van der Waals surface area contributed by atoms with Gasteiger partial charge in [0.25, 0.3) is 0 Å². The molecule has 0 aromatic heterocycles. The van der Waals surface area contributed by atoms with E-state index in [9.17, 15) is 0 Å². The molecule has 1 aliphatic heterocycles. The molecule has 8 heavy (non-hydrogen) atoms. The highest BCUT2D eigenvalue weighted by Crippen LogP contribution is 2.20. The van der Waals surface area contributed by atoms with Crippen LogP contribution in [0.3, 0.4) is 0 Å². The summed E-state index contributed by atoms with van der Waals surface area (Å²) in [4.78, 5) is 0. The zero-order valence-corrected chi connectivity index (χ0v) is 5.68. The third-order valence-corrected chi connectivity index (χ3v) is 1.76. The first-order chi connectivity index (χ1) is 3.83.